The smallest absolute Gasteiger partial charge is 0.305 e. The summed E-state index contributed by atoms with van der Waals surface area (Å²) in [6.45, 7) is 2.58. The van der Waals surface area contributed by atoms with Crippen LogP contribution in [0.4, 0.5) is 0 Å². The zero-order valence-corrected chi connectivity index (χ0v) is 14.2. The average molecular weight is 339 g/mol. The van der Waals surface area contributed by atoms with Crippen LogP contribution in [0.2, 0.25) is 0 Å². The quantitative estimate of drug-likeness (QED) is 0.647. The molecule has 2 aromatic rings. The summed E-state index contributed by atoms with van der Waals surface area (Å²) in [5.41, 5.74) is 1.70. The summed E-state index contributed by atoms with van der Waals surface area (Å²) in [5, 5.41) is 2.93. The van der Waals surface area contributed by atoms with Crippen molar-refractivity contribution in [1.82, 2.24) is 5.32 Å². The van der Waals surface area contributed by atoms with E-state index in [1.165, 1.54) is 0 Å². The lowest BCUT2D eigenvalue weighted by molar-refractivity contribution is -0.143. The van der Waals surface area contributed by atoms with Crippen LogP contribution in [0.3, 0.4) is 0 Å². The van der Waals surface area contributed by atoms with Gasteiger partial charge >= 0.3 is 5.97 Å². The Balaban J connectivity index is 1.71. The van der Waals surface area contributed by atoms with Gasteiger partial charge in [-0.15, -0.1) is 0 Å². The number of carbonyl (C=O) groups is 2. The van der Waals surface area contributed by atoms with E-state index >= 15 is 0 Å². The molecule has 130 valence electrons. The molecule has 0 fully saturated rings. The van der Waals surface area contributed by atoms with Crippen molar-refractivity contribution in [3.63, 3.8) is 0 Å². The molecule has 1 amide bonds. The Kier molecular flexibility index (Phi) is 5.33. The van der Waals surface area contributed by atoms with Crippen LogP contribution < -0.4 is 10.1 Å². The van der Waals surface area contributed by atoms with Gasteiger partial charge in [0.25, 0.3) is 0 Å². The Hall–Kier alpha value is -2.82. The predicted octanol–water partition coefficient (Wildman–Crippen LogP) is 3.38. The Morgan fingerprint density at radius 3 is 2.24 bits per heavy atom. The van der Waals surface area contributed by atoms with Gasteiger partial charge in [0.2, 0.25) is 5.91 Å². The minimum absolute atomic E-state index is 0.0907. The molecule has 1 aliphatic rings. The molecule has 0 atom stereocenters. The first kappa shape index (κ1) is 17.0. The van der Waals surface area contributed by atoms with Crippen molar-refractivity contribution < 1.29 is 19.1 Å². The van der Waals surface area contributed by atoms with Gasteiger partial charge in [0, 0.05) is 24.1 Å². The number of ether oxygens (including phenoxy) is 2. The molecule has 0 spiro atoms. The van der Waals surface area contributed by atoms with Crippen molar-refractivity contribution in [2.45, 2.75) is 25.7 Å². The molecule has 0 radical (unpaired) electrons. The van der Waals surface area contributed by atoms with E-state index < -0.39 is 5.92 Å². The van der Waals surface area contributed by atoms with E-state index in [1.807, 2.05) is 48.5 Å². The van der Waals surface area contributed by atoms with Crippen molar-refractivity contribution in [3.05, 3.63) is 59.7 Å². The van der Waals surface area contributed by atoms with E-state index in [0.717, 1.165) is 11.1 Å². The van der Waals surface area contributed by atoms with Gasteiger partial charge in [-0.25, -0.2) is 0 Å². The van der Waals surface area contributed by atoms with Crippen molar-refractivity contribution >= 4 is 11.9 Å². The SMILES string of the molecule is CCOC(=O)CCCNC(=O)C1c2ccccc2Oc2ccccc21. The number of hydrogen-bond acceptors (Lipinski definition) is 4. The number of rotatable bonds is 6. The summed E-state index contributed by atoms with van der Waals surface area (Å²) < 4.78 is 10.8. The number of carbonyl (C=O) groups excluding carboxylic acids is 2. The van der Waals surface area contributed by atoms with Crippen LogP contribution in [-0.2, 0) is 14.3 Å². The molecule has 1 aliphatic heterocycles. The number of amides is 1. The molecule has 0 saturated heterocycles. The lowest BCUT2D eigenvalue weighted by Crippen LogP contribution is -2.32. The Labute approximate surface area is 147 Å². The lowest BCUT2D eigenvalue weighted by Gasteiger charge is -2.27. The van der Waals surface area contributed by atoms with Crippen molar-refractivity contribution in [2.24, 2.45) is 0 Å². The van der Waals surface area contributed by atoms with Gasteiger partial charge in [-0.05, 0) is 25.5 Å². The summed E-state index contributed by atoms with van der Waals surface area (Å²) in [5.74, 6) is 0.662. The highest BCUT2D eigenvalue weighted by atomic mass is 16.5. The molecule has 25 heavy (non-hydrogen) atoms. The topological polar surface area (TPSA) is 64.6 Å². The number of hydrogen-bond donors (Lipinski definition) is 1. The molecule has 5 nitrogen and oxygen atoms in total. The van der Waals surface area contributed by atoms with E-state index in [9.17, 15) is 9.59 Å². The maximum Gasteiger partial charge on any atom is 0.305 e. The molecule has 0 bridgehead atoms. The van der Waals surface area contributed by atoms with Gasteiger partial charge in [-0.2, -0.15) is 0 Å². The summed E-state index contributed by atoms with van der Waals surface area (Å²) >= 11 is 0. The van der Waals surface area contributed by atoms with Gasteiger partial charge in [-0.3, -0.25) is 9.59 Å². The number of benzene rings is 2. The molecular weight excluding hydrogens is 318 g/mol. The average Bonchev–Trinajstić information content (AvgIpc) is 2.63. The molecule has 1 N–H and O–H groups in total. The van der Waals surface area contributed by atoms with Crippen LogP contribution in [0.25, 0.3) is 0 Å². The van der Waals surface area contributed by atoms with Gasteiger partial charge < -0.3 is 14.8 Å². The largest absolute Gasteiger partial charge is 0.466 e. The molecule has 0 saturated carbocycles. The zero-order chi connectivity index (χ0) is 17.6. The molecular formula is C20H21NO4. The van der Waals surface area contributed by atoms with Crippen molar-refractivity contribution in [1.29, 1.82) is 0 Å². The van der Waals surface area contributed by atoms with E-state index in [4.69, 9.17) is 9.47 Å². The van der Waals surface area contributed by atoms with E-state index in [1.54, 1.807) is 6.92 Å². The fourth-order valence-electron chi connectivity index (χ4n) is 2.97. The van der Waals surface area contributed by atoms with Crippen LogP contribution in [0, 0.1) is 0 Å². The highest BCUT2D eigenvalue weighted by molar-refractivity contribution is 5.89. The maximum absolute atomic E-state index is 12.8. The number of nitrogens with one attached hydrogen (secondary N) is 1. The van der Waals surface area contributed by atoms with Gasteiger partial charge in [-0.1, -0.05) is 36.4 Å². The van der Waals surface area contributed by atoms with Crippen LogP contribution >= 0.6 is 0 Å². The third-order valence-electron chi connectivity index (χ3n) is 4.10. The normalized spacial score (nSPS) is 12.5. The summed E-state index contributed by atoms with van der Waals surface area (Å²) in [7, 11) is 0. The van der Waals surface area contributed by atoms with Gasteiger partial charge in [0.05, 0.1) is 12.5 Å². The summed E-state index contributed by atoms with van der Waals surface area (Å²) in [6.07, 6.45) is 0.853. The number of fused-ring (bicyclic) bond motifs is 2. The van der Waals surface area contributed by atoms with E-state index in [-0.39, 0.29) is 11.9 Å². The molecule has 0 unspecified atom stereocenters. The summed E-state index contributed by atoms with van der Waals surface area (Å²) in [4.78, 5) is 24.2. The predicted molar refractivity (Wildman–Crippen MR) is 93.7 cm³/mol. The first-order chi connectivity index (χ1) is 12.2. The fraction of sp³-hybridized carbons (Fsp3) is 0.300. The molecule has 0 aromatic heterocycles. The first-order valence-electron chi connectivity index (χ1n) is 8.49. The standard InChI is InChI=1S/C20H21NO4/c1-2-24-18(22)12-7-13-21-20(23)19-14-8-3-5-10-16(14)25-17-11-6-4-9-15(17)19/h3-6,8-11,19H,2,7,12-13H2,1H3,(H,21,23). The fourth-order valence-corrected chi connectivity index (χ4v) is 2.97. The number of esters is 1. The second kappa shape index (κ2) is 7.83. The Morgan fingerprint density at radius 2 is 1.64 bits per heavy atom. The molecule has 5 heteroatoms. The van der Waals surface area contributed by atoms with Gasteiger partial charge in [0.15, 0.2) is 0 Å². The minimum atomic E-state index is -0.413. The first-order valence-corrected chi connectivity index (χ1v) is 8.49. The summed E-state index contributed by atoms with van der Waals surface area (Å²) in [6, 6.07) is 15.1. The molecule has 0 aliphatic carbocycles. The van der Waals surface area contributed by atoms with E-state index in [0.29, 0.717) is 37.5 Å². The minimum Gasteiger partial charge on any atom is -0.466 e. The molecule has 3 rings (SSSR count). The second-order valence-corrected chi connectivity index (χ2v) is 5.81. The van der Waals surface area contributed by atoms with Crippen LogP contribution in [0.5, 0.6) is 11.5 Å². The maximum atomic E-state index is 12.8. The van der Waals surface area contributed by atoms with E-state index in [2.05, 4.69) is 5.32 Å². The highest BCUT2D eigenvalue weighted by Crippen LogP contribution is 2.43. The Bertz CT molecular complexity index is 726. The lowest BCUT2D eigenvalue weighted by atomic mass is 9.87. The second-order valence-electron chi connectivity index (χ2n) is 5.81. The third kappa shape index (κ3) is 3.82. The van der Waals surface area contributed by atoms with Crippen molar-refractivity contribution in [3.8, 4) is 11.5 Å². The van der Waals surface area contributed by atoms with Gasteiger partial charge in [0.1, 0.15) is 11.5 Å². The van der Waals surface area contributed by atoms with Crippen molar-refractivity contribution in [2.75, 3.05) is 13.2 Å². The Morgan fingerprint density at radius 1 is 1.04 bits per heavy atom. The third-order valence-corrected chi connectivity index (χ3v) is 4.10. The number of para-hydroxylation sites is 2. The zero-order valence-electron chi connectivity index (χ0n) is 14.2. The molecule has 1 heterocycles. The van der Waals surface area contributed by atoms with Crippen LogP contribution in [0.1, 0.15) is 36.8 Å². The monoisotopic (exact) mass is 339 g/mol. The highest BCUT2D eigenvalue weighted by Gasteiger charge is 2.32. The molecule has 2 aromatic carbocycles. The van der Waals surface area contributed by atoms with Crippen LogP contribution in [-0.4, -0.2) is 25.0 Å². The van der Waals surface area contributed by atoms with Crippen LogP contribution in [0.15, 0.2) is 48.5 Å².